The first kappa shape index (κ1) is 36.9. The summed E-state index contributed by atoms with van der Waals surface area (Å²) in [6.07, 6.45) is 6.49. The van der Waals surface area contributed by atoms with Crippen molar-refractivity contribution >= 4 is 49.4 Å². The van der Waals surface area contributed by atoms with Crippen LogP contribution in [0.25, 0.3) is 65.7 Å². The molecule has 9 aromatic carbocycles. The van der Waals surface area contributed by atoms with Crippen molar-refractivity contribution in [2.45, 2.75) is 64.2 Å². The van der Waals surface area contributed by atoms with Crippen LogP contribution in [0, 0.1) is 0 Å². The molecular formula is C58H51N. The summed E-state index contributed by atoms with van der Waals surface area (Å²) in [5.74, 6) is 0.586. The van der Waals surface area contributed by atoms with Crippen LogP contribution in [0.4, 0.5) is 17.1 Å². The average molecular weight is 762 g/mol. The number of hydrogen-bond donors (Lipinski definition) is 0. The number of benzene rings is 9. The lowest BCUT2D eigenvalue weighted by atomic mass is 9.80. The number of anilines is 3. The fourth-order valence-corrected chi connectivity index (χ4v) is 9.82. The van der Waals surface area contributed by atoms with Gasteiger partial charge in [-0.25, -0.2) is 0 Å². The van der Waals surface area contributed by atoms with Gasteiger partial charge in [-0.2, -0.15) is 0 Å². The lowest BCUT2D eigenvalue weighted by Crippen LogP contribution is -2.13. The third-order valence-electron chi connectivity index (χ3n) is 12.8. The SMILES string of the molecule is CC(C)(C)c1ccc(-c2ccccc2N(c2cccc(-c3cccc4c3ccc3ccccc34)c2)c2ccccc2-c2cccc3cccc(C4CCCCC4)c23)cc1. The van der Waals surface area contributed by atoms with Crippen LogP contribution in [0.2, 0.25) is 0 Å². The fourth-order valence-electron chi connectivity index (χ4n) is 9.82. The maximum absolute atomic E-state index is 2.52. The number of hydrogen-bond acceptors (Lipinski definition) is 1. The molecule has 0 saturated heterocycles. The fraction of sp³-hybridized carbons (Fsp3) is 0.172. The standard InChI is InChI=1S/C58H51N/c1-58(2,3)45-36-33-42(34-37-45)49-25-9-11-31-55(49)59(46-23-13-22-44(39-46)48-27-16-29-51-47-24-8-7-19-41(47)35-38-52(48)51)56-32-12-10-26-53(56)54-30-15-21-43-20-14-28-50(57(43)54)40-17-5-4-6-18-40/h7-16,19-40H,4-6,17-18H2,1-3H3. The van der Waals surface area contributed by atoms with E-state index in [-0.39, 0.29) is 5.41 Å². The summed E-state index contributed by atoms with van der Waals surface area (Å²) >= 11 is 0. The molecule has 1 saturated carbocycles. The van der Waals surface area contributed by atoms with E-state index in [1.54, 1.807) is 0 Å². The molecule has 288 valence electrons. The minimum atomic E-state index is 0.0757. The number of para-hydroxylation sites is 2. The number of nitrogens with zero attached hydrogens (tertiary/aromatic N) is 1. The Kier molecular flexibility index (Phi) is 9.61. The van der Waals surface area contributed by atoms with Gasteiger partial charge in [-0.05, 0) is 114 Å². The van der Waals surface area contributed by atoms with Crippen molar-refractivity contribution in [3.63, 3.8) is 0 Å². The average Bonchev–Trinajstić information content (AvgIpc) is 3.29. The van der Waals surface area contributed by atoms with Crippen molar-refractivity contribution in [1.29, 1.82) is 0 Å². The van der Waals surface area contributed by atoms with Gasteiger partial charge in [0, 0.05) is 16.8 Å². The molecule has 10 rings (SSSR count). The van der Waals surface area contributed by atoms with Gasteiger partial charge in [0.2, 0.25) is 0 Å². The van der Waals surface area contributed by atoms with Crippen molar-refractivity contribution in [2.24, 2.45) is 0 Å². The Balaban J connectivity index is 1.20. The van der Waals surface area contributed by atoms with Crippen molar-refractivity contribution in [3.8, 4) is 33.4 Å². The Morgan fingerprint density at radius 1 is 0.424 bits per heavy atom. The minimum Gasteiger partial charge on any atom is -0.309 e. The molecule has 59 heavy (non-hydrogen) atoms. The van der Waals surface area contributed by atoms with Gasteiger partial charge in [0.25, 0.3) is 0 Å². The van der Waals surface area contributed by atoms with Gasteiger partial charge in [0.05, 0.1) is 11.4 Å². The molecule has 0 spiro atoms. The molecule has 0 bridgehead atoms. The molecule has 0 aliphatic heterocycles. The zero-order valence-electron chi connectivity index (χ0n) is 34.5. The topological polar surface area (TPSA) is 3.24 Å². The van der Waals surface area contributed by atoms with Crippen LogP contribution in [0.3, 0.4) is 0 Å². The molecule has 1 nitrogen and oxygen atoms in total. The first-order valence-electron chi connectivity index (χ1n) is 21.5. The predicted molar refractivity (Wildman–Crippen MR) is 254 cm³/mol. The van der Waals surface area contributed by atoms with Crippen LogP contribution in [0.5, 0.6) is 0 Å². The van der Waals surface area contributed by atoms with Crippen molar-refractivity contribution in [3.05, 3.63) is 199 Å². The maximum atomic E-state index is 2.52. The third kappa shape index (κ3) is 6.89. The molecule has 0 amide bonds. The van der Waals surface area contributed by atoms with Gasteiger partial charge < -0.3 is 4.90 Å². The van der Waals surface area contributed by atoms with Crippen LogP contribution in [-0.2, 0) is 5.41 Å². The van der Waals surface area contributed by atoms with E-state index < -0.39 is 0 Å². The largest absolute Gasteiger partial charge is 0.309 e. The zero-order valence-corrected chi connectivity index (χ0v) is 34.5. The van der Waals surface area contributed by atoms with Gasteiger partial charge in [-0.1, -0.05) is 204 Å². The summed E-state index contributed by atoms with van der Waals surface area (Å²) in [5, 5.41) is 7.81. The molecule has 0 atom stereocenters. The van der Waals surface area contributed by atoms with Gasteiger partial charge in [0.1, 0.15) is 0 Å². The summed E-state index contributed by atoms with van der Waals surface area (Å²) in [6, 6.07) is 70.4. The summed E-state index contributed by atoms with van der Waals surface area (Å²) in [5.41, 5.74) is 13.7. The van der Waals surface area contributed by atoms with Crippen LogP contribution >= 0.6 is 0 Å². The number of rotatable bonds is 7. The Bertz CT molecular complexity index is 2950. The normalized spacial score (nSPS) is 13.6. The van der Waals surface area contributed by atoms with E-state index in [4.69, 9.17) is 0 Å². The molecular weight excluding hydrogens is 711 g/mol. The highest BCUT2D eigenvalue weighted by Crippen LogP contribution is 2.48. The van der Waals surface area contributed by atoms with E-state index >= 15 is 0 Å². The van der Waals surface area contributed by atoms with Crippen LogP contribution in [-0.4, -0.2) is 0 Å². The lowest BCUT2D eigenvalue weighted by Gasteiger charge is -2.31. The molecule has 0 heterocycles. The van der Waals surface area contributed by atoms with E-state index in [0.717, 1.165) is 11.4 Å². The van der Waals surface area contributed by atoms with Crippen LogP contribution in [0.1, 0.15) is 69.9 Å². The summed E-state index contributed by atoms with van der Waals surface area (Å²) in [4.78, 5) is 2.52. The highest BCUT2D eigenvalue weighted by atomic mass is 15.1. The molecule has 0 aromatic heterocycles. The monoisotopic (exact) mass is 761 g/mol. The van der Waals surface area contributed by atoms with Crippen LogP contribution in [0.15, 0.2) is 188 Å². The molecule has 0 N–H and O–H groups in total. The van der Waals surface area contributed by atoms with E-state index in [9.17, 15) is 0 Å². The summed E-state index contributed by atoms with van der Waals surface area (Å²) in [7, 11) is 0. The van der Waals surface area contributed by atoms with Crippen molar-refractivity contribution in [1.82, 2.24) is 0 Å². The quantitative estimate of drug-likeness (QED) is 0.146. The molecule has 1 heteroatoms. The zero-order chi connectivity index (χ0) is 39.9. The van der Waals surface area contributed by atoms with Gasteiger partial charge in [-0.15, -0.1) is 0 Å². The van der Waals surface area contributed by atoms with Crippen LogP contribution < -0.4 is 4.90 Å². The Hall–Kier alpha value is -6.44. The van der Waals surface area contributed by atoms with E-state index in [0.29, 0.717) is 5.92 Å². The highest BCUT2D eigenvalue weighted by molar-refractivity contribution is 6.12. The Morgan fingerprint density at radius 3 is 1.83 bits per heavy atom. The first-order chi connectivity index (χ1) is 28.9. The second-order valence-corrected chi connectivity index (χ2v) is 17.5. The molecule has 1 aliphatic rings. The molecule has 1 fully saturated rings. The molecule has 1 aliphatic carbocycles. The van der Waals surface area contributed by atoms with Crippen molar-refractivity contribution in [2.75, 3.05) is 4.90 Å². The van der Waals surface area contributed by atoms with E-state index in [2.05, 4.69) is 214 Å². The maximum Gasteiger partial charge on any atom is 0.0540 e. The van der Waals surface area contributed by atoms with Gasteiger partial charge in [0.15, 0.2) is 0 Å². The first-order valence-corrected chi connectivity index (χ1v) is 21.5. The Morgan fingerprint density at radius 2 is 1.03 bits per heavy atom. The van der Waals surface area contributed by atoms with E-state index in [1.165, 1.54) is 115 Å². The second kappa shape index (κ2) is 15.4. The predicted octanol–water partition coefficient (Wildman–Crippen LogP) is 17.0. The molecule has 0 radical (unpaired) electrons. The van der Waals surface area contributed by atoms with Gasteiger partial charge >= 0.3 is 0 Å². The molecule has 9 aromatic rings. The summed E-state index contributed by atoms with van der Waals surface area (Å²) in [6.45, 7) is 6.85. The third-order valence-corrected chi connectivity index (χ3v) is 12.8. The molecule has 0 unspecified atom stereocenters. The van der Waals surface area contributed by atoms with Gasteiger partial charge in [-0.3, -0.25) is 0 Å². The van der Waals surface area contributed by atoms with E-state index in [1.807, 2.05) is 0 Å². The smallest absolute Gasteiger partial charge is 0.0540 e. The number of fused-ring (bicyclic) bond motifs is 4. The Labute approximate surface area is 349 Å². The lowest BCUT2D eigenvalue weighted by molar-refractivity contribution is 0.445. The minimum absolute atomic E-state index is 0.0757. The van der Waals surface area contributed by atoms with Crippen molar-refractivity contribution < 1.29 is 0 Å². The summed E-state index contributed by atoms with van der Waals surface area (Å²) < 4.78 is 0. The highest BCUT2D eigenvalue weighted by Gasteiger charge is 2.25. The second-order valence-electron chi connectivity index (χ2n) is 17.5.